The number of hydrogen-bond donors (Lipinski definition) is 0. The Kier molecular flexibility index (Phi) is 4.52. The molecule has 0 radical (unpaired) electrons. The minimum absolute atomic E-state index is 0.0424. The molecule has 130 valence electrons. The summed E-state index contributed by atoms with van der Waals surface area (Å²) in [5.41, 5.74) is 1.62. The maximum atomic E-state index is 12.6. The molecule has 25 heavy (non-hydrogen) atoms. The summed E-state index contributed by atoms with van der Waals surface area (Å²) < 4.78 is 0. The van der Waals surface area contributed by atoms with Gasteiger partial charge in [0.2, 0.25) is 0 Å². The molecule has 0 bridgehead atoms. The largest absolute Gasteiger partial charge is 0.352 e. The number of amides is 1. The molecule has 4 rings (SSSR count). The molecule has 1 aliphatic heterocycles. The monoisotopic (exact) mass is 376 g/mol. The molecule has 1 aromatic heterocycles. The molecular weight excluding hydrogens is 359 g/mol. The van der Waals surface area contributed by atoms with Crippen LogP contribution in [0.25, 0.3) is 0 Å². The quantitative estimate of drug-likeness (QED) is 0.820. The number of aromatic nitrogens is 2. The molecule has 2 aliphatic rings. The van der Waals surface area contributed by atoms with Crippen LogP contribution in [0.5, 0.6) is 0 Å². The highest BCUT2D eigenvalue weighted by Crippen LogP contribution is 2.38. The van der Waals surface area contributed by atoms with Crippen LogP contribution in [0.15, 0.2) is 30.3 Å². The van der Waals surface area contributed by atoms with E-state index in [1.165, 1.54) is 12.8 Å². The Labute approximate surface area is 156 Å². The van der Waals surface area contributed by atoms with E-state index in [2.05, 4.69) is 21.2 Å². The highest BCUT2D eigenvalue weighted by molar-refractivity contribution is 6.35. The molecule has 2 fully saturated rings. The van der Waals surface area contributed by atoms with Crippen molar-refractivity contribution < 1.29 is 4.79 Å². The van der Waals surface area contributed by atoms with Gasteiger partial charge in [0.15, 0.2) is 5.82 Å². The normalized spacial score (nSPS) is 17.7. The van der Waals surface area contributed by atoms with Crippen molar-refractivity contribution in [3.05, 3.63) is 51.6 Å². The third kappa shape index (κ3) is 3.72. The molecule has 2 heterocycles. The Morgan fingerprint density at radius 3 is 2.20 bits per heavy atom. The van der Waals surface area contributed by atoms with E-state index in [4.69, 9.17) is 23.2 Å². The topological polar surface area (TPSA) is 49.3 Å². The molecule has 1 saturated carbocycles. The Morgan fingerprint density at radius 2 is 1.64 bits per heavy atom. The van der Waals surface area contributed by atoms with Gasteiger partial charge in [-0.3, -0.25) is 4.79 Å². The number of benzene rings is 1. The molecule has 1 aromatic carbocycles. The first-order chi connectivity index (χ1) is 12.1. The van der Waals surface area contributed by atoms with Crippen LogP contribution in [0, 0.1) is 0 Å². The Bertz CT molecular complexity index is 764. The predicted octanol–water partition coefficient (Wildman–Crippen LogP) is 3.62. The highest BCUT2D eigenvalue weighted by atomic mass is 35.5. The molecule has 0 spiro atoms. The highest BCUT2D eigenvalue weighted by Gasteiger charge is 2.26. The summed E-state index contributed by atoms with van der Waals surface area (Å²) in [5, 5.41) is 9.63. The predicted molar refractivity (Wildman–Crippen MR) is 98.6 cm³/mol. The van der Waals surface area contributed by atoms with E-state index >= 15 is 0 Å². The van der Waals surface area contributed by atoms with Gasteiger partial charge >= 0.3 is 0 Å². The van der Waals surface area contributed by atoms with Crippen LogP contribution in [0.1, 0.15) is 34.8 Å². The van der Waals surface area contributed by atoms with Crippen molar-refractivity contribution >= 4 is 34.9 Å². The van der Waals surface area contributed by atoms with Gasteiger partial charge in [-0.2, -0.15) is 5.10 Å². The first kappa shape index (κ1) is 16.6. The minimum Gasteiger partial charge on any atom is -0.352 e. The van der Waals surface area contributed by atoms with E-state index in [0.29, 0.717) is 34.6 Å². The van der Waals surface area contributed by atoms with E-state index in [-0.39, 0.29) is 5.91 Å². The molecule has 1 aliphatic carbocycles. The van der Waals surface area contributed by atoms with Crippen LogP contribution in [-0.2, 0) is 0 Å². The third-order valence-electron chi connectivity index (χ3n) is 4.67. The summed E-state index contributed by atoms with van der Waals surface area (Å²) >= 11 is 12.0. The maximum absolute atomic E-state index is 12.6. The van der Waals surface area contributed by atoms with Gasteiger partial charge in [0.1, 0.15) is 0 Å². The fourth-order valence-corrected chi connectivity index (χ4v) is 3.63. The van der Waals surface area contributed by atoms with Crippen molar-refractivity contribution in [2.24, 2.45) is 0 Å². The Hall–Kier alpha value is -1.85. The van der Waals surface area contributed by atoms with E-state index in [1.807, 2.05) is 11.0 Å². The number of carbonyl (C=O) groups is 1. The number of hydrogen-bond acceptors (Lipinski definition) is 4. The second-order valence-electron chi connectivity index (χ2n) is 6.53. The Balaban J connectivity index is 1.39. The van der Waals surface area contributed by atoms with Gasteiger partial charge in [-0.1, -0.05) is 23.2 Å². The number of anilines is 1. The maximum Gasteiger partial charge on any atom is 0.254 e. The zero-order valence-corrected chi connectivity index (χ0v) is 15.2. The fraction of sp³-hybridized carbons (Fsp3) is 0.389. The summed E-state index contributed by atoms with van der Waals surface area (Å²) in [6.07, 6.45) is 2.45. The number of carbonyl (C=O) groups excluding carboxylic acids is 1. The second kappa shape index (κ2) is 6.81. The lowest BCUT2D eigenvalue weighted by atomic mass is 10.2. The van der Waals surface area contributed by atoms with Crippen molar-refractivity contribution in [1.82, 2.24) is 15.1 Å². The Morgan fingerprint density at radius 1 is 0.960 bits per heavy atom. The lowest BCUT2D eigenvalue weighted by Crippen LogP contribution is -2.49. The minimum atomic E-state index is -0.0424. The van der Waals surface area contributed by atoms with Crippen molar-refractivity contribution in [2.75, 3.05) is 31.1 Å². The van der Waals surface area contributed by atoms with Crippen molar-refractivity contribution in [3.63, 3.8) is 0 Å². The van der Waals surface area contributed by atoms with Crippen LogP contribution in [0.4, 0.5) is 5.82 Å². The smallest absolute Gasteiger partial charge is 0.254 e. The molecule has 1 saturated heterocycles. The van der Waals surface area contributed by atoms with Crippen LogP contribution in [0.2, 0.25) is 10.0 Å². The van der Waals surface area contributed by atoms with E-state index in [9.17, 15) is 4.79 Å². The average Bonchev–Trinajstić information content (AvgIpc) is 3.46. The van der Waals surface area contributed by atoms with Gasteiger partial charge < -0.3 is 9.80 Å². The van der Waals surface area contributed by atoms with Gasteiger partial charge in [0, 0.05) is 47.7 Å². The first-order valence-corrected chi connectivity index (χ1v) is 9.20. The first-order valence-electron chi connectivity index (χ1n) is 8.44. The fourth-order valence-electron chi connectivity index (χ4n) is 3.10. The van der Waals surface area contributed by atoms with Crippen LogP contribution in [-0.4, -0.2) is 47.2 Å². The van der Waals surface area contributed by atoms with Crippen molar-refractivity contribution in [2.45, 2.75) is 18.8 Å². The van der Waals surface area contributed by atoms with Gasteiger partial charge in [0.25, 0.3) is 5.91 Å². The zero-order valence-electron chi connectivity index (χ0n) is 13.7. The SMILES string of the molecule is O=C(c1cc(Cl)cc(Cl)c1)N1CCN(c2ccc(C3CC3)nn2)CC1. The van der Waals surface area contributed by atoms with Crippen molar-refractivity contribution in [3.8, 4) is 0 Å². The summed E-state index contributed by atoms with van der Waals surface area (Å²) in [6.45, 7) is 2.74. The van der Waals surface area contributed by atoms with Crippen molar-refractivity contribution in [1.29, 1.82) is 0 Å². The molecule has 5 nitrogen and oxygen atoms in total. The number of halogens is 2. The standard InChI is InChI=1S/C18H18Cl2N4O/c19-14-9-13(10-15(20)11-14)18(25)24-7-5-23(6-8-24)17-4-3-16(21-22-17)12-1-2-12/h3-4,9-12H,1-2,5-8H2. The molecule has 0 unspecified atom stereocenters. The molecule has 2 aromatic rings. The zero-order chi connectivity index (χ0) is 17.4. The summed E-state index contributed by atoms with van der Waals surface area (Å²) in [5.74, 6) is 1.45. The average molecular weight is 377 g/mol. The third-order valence-corrected chi connectivity index (χ3v) is 5.10. The van der Waals surface area contributed by atoms with Gasteiger partial charge in [-0.05, 0) is 43.2 Å². The summed E-state index contributed by atoms with van der Waals surface area (Å²) in [6, 6.07) is 9.05. The number of nitrogens with zero attached hydrogens (tertiary/aromatic N) is 4. The number of piperazine rings is 1. The molecule has 0 atom stereocenters. The van der Waals surface area contributed by atoms with Gasteiger partial charge in [-0.15, -0.1) is 5.10 Å². The van der Waals surface area contributed by atoms with Crippen LogP contribution < -0.4 is 4.90 Å². The van der Waals surface area contributed by atoms with Gasteiger partial charge in [0.05, 0.1) is 5.69 Å². The second-order valence-corrected chi connectivity index (χ2v) is 7.40. The summed E-state index contributed by atoms with van der Waals surface area (Å²) in [7, 11) is 0. The van der Waals surface area contributed by atoms with E-state index < -0.39 is 0 Å². The van der Waals surface area contributed by atoms with E-state index in [1.54, 1.807) is 18.2 Å². The lowest BCUT2D eigenvalue weighted by Gasteiger charge is -2.35. The number of rotatable bonds is 3. The molecule has 7 heteroatoms. The molecular formula is C18H18Cl2N4O. The summed E-state index contributed by atoms with van der Waals surface area (Å²) in [4.78, 5) is 16.6. The van der Waals surface area contributed by atoms with Gasteiger partial charge in [-0.25, -0.2) is 0 Å². The van der Waals surface area contributed by atoms with Crippen LogP contribution in [0.3, 0.4) is 0 Å². The lowest BCUT2D eigenvalue weighted by molar-refractivity contribution is 0.0746. The van der Waals surface area contributed by atoms with Crippen LogP contribution >= 0.6 is 23.2 Å². The molecule has 1 amide bonds. The van der Waals surface area contributed by atoms with E-state index in [0.717, 1.165) is 24.6 Å². The molecule has 0 N–H and O–H groups in total.